The lowest BCUT2D eigenvalue weighted by Gasteiger charge is -2.49. The summed E-state index contributed by atoms with van der Waals surface area (Å²) in [5.41, 5.74) is 1.38. The van der Waals surface area contributed by atoms with Crippen LogP contribution in [0.4, 0.5) is 4.39 Å². The van der Waals surface area contributed by atoms with Gasteiger partial charge in [0.05, 0.1) is 12.5 Å². The molecule has 0 unspecified atom stereocenters. The number of carboxylic acid groups (broad SMARTS) is 1. The molecule has 1 saturated heterocycles. The second-order valence-electron chi connectivity index (χ2n) is 11.6. The summed E-state index contributed by atoms with van der Waals surface area (Å²) in [7, 11) is -4.09. The Hall–Kier alpha value is -3.02. The van der Waals surface area contributed by atoms with Gasteiger partial charge in [0, 0.05) is 28.2 Å². The molecule has 1 aliphatic carbocycles. The molecule has 1 saturated carbocycles. The van der Waals surface area contributed by atoms with Crippen LogP contribution in [0.2, 0.25) is 10.0 Å². The Bertz CT molecular complexity index is 1650. The van der Waals surface area contributed by atoms with Crippen molar-refractivity contribution >= 4 is 45.1 Å². The van der Waals surface area contributed by atoms with Gasteiger partial charge in [0.2, 0.25) is 10.0 Å². The number of nitrogens with one attached hydrogen (secondary N) is 1. The maximum absolute atomic E-state index is 14.7. The van der Waals surface area contributed by atoms with E-state index in [0.717, 1.165) is 0 Å². The Morgan fingerprint density at radius 3 is 2.32 bits per heavy atom. The van der Waals surface area contributed by atoms with Crippen molar-refractivity contribution in [1.82, 2.24) is 9.62 Å². The lowest BCUT2D eigenvalue weighted by atomic mass is 9.88. The van der Waals surface area contributed by atoms with E-state index in [4.69, 9.17) is 27.9 Å². The van der Waals surface area contributed by atoms with E-state index in [1.807, 2.05) is 13.8 Å². The number of carboxylic acids is 1. The third-order valence-electron chi connectivity index (χ3n) is 8.37. The van der Waals surface area contributed by atoms with Gasteiger partial charge in [0.25, 0.3) is 5.91 Å². The summed E-state index contributed by atoms with van der Waals surface area (Å²) in [6.07, 6.45) is -2.25. The van der Waals surface area contributed by atoms with Crippen molar-refractivity contribution in [3.63, 3.8) is 0 Å². The number of sulfonamides is 1. The van der Waals surface area contributed by atoms with Crippen LogP contribution in [0.5, 0.6) is 0 Å². The molecule has 1 amide bonds. The quantitative estimate of drug-likeness (QED) is 0.251. The van der Waals surface area contributed by atoms with E-state index in [-0.39, 0.29) is 30.9 Å². The second-order valence-corrected chi connectivity index (χ2v) is 14.5. The molecule has 2 fully saturated rings. The molecule has 1 aliphatic heterocycles. The number of hydrogen-bond donors (Lipinski definition) is 2. The molecule has 0 spiro atoms. The van der Waals surface area contributed by atoms with Crippen LogP contribution in [0.15, 0.2) is 72.8 Å². The molecule has 0 bridgehead atoms. The van der Waals surface area contributed by atoms with Crippen molar-refractivity contribution in [3.8, 4) is 0 Å². The van der Waals surface area contributed by atoms with Gasteiger partial charge >= 0.3 is 5.97 Å². The minimum atomic E-state index is -4.09. The van der Waals surface area contributed by atoms with Crippen LogP contribution in [0.3, 0.4) is 0 Å². The lowest BCUT2D eigenvalue weighted by molar-refractivity contribution is -0.184. The molecular formula is C32H33Cl2FN2O6S. The van der Waals surface area contributed by atoms with Crippen LogP contribution in [-0.2, 0) is 29.1 Å². The number of carbonyl (C=O) groups excluding carboxylic acids is 1. The molecule has 234 valence electrons. The van der Waals surface area contributed by atoms with E-state index in [1.54, 1.807) is 59.5 Å². The van der Waals surface area contributed by atoms with Crippen molar-refractivity contribution in [2.45, 2.75) is 62.1 Å². The number of aliphatic carboxylic acids is 1. The molecule has 2 N–H and O–H groups in total. The Balaban J connectivity index is 1.57. The predicted molar refractivity (Wildman–Crippen MR) is 165 cm³/mol. The zero-order chi connectivity index (χ0) is 31.8. The SMILES string of the molecule is CC(C)[C@@H](CNS(=O)(=O)C1(c2ccccc2F)CC1)N1C(=O)[C@@H](CC(=O)O)O[C@H](c2cccc(Cl)c2)[C@H]1c1ccc(Cl)cc1. The third-order valence-corrected chi connectivity index (χ3v) is 11.1. The van der Waals surface area contributed by atoms with E-state index in [1.165, 1.54) is 18.2 Å². The van der Waals surface area contributed by atoms with Gasteiger partial charge in [-0.1, -0.05) is 79.5 Å². The maximum atomic E-state index is 14.7. The maximum Gasteiger partial charge on any atom is 0.306 e. The highest BCUT2D eigenvalue weighted by Gasteiger charge is 2.57. The van der Waals surface area contributed by atoms with Crippen LogP contribution >= 0.6 is 23.2 Å². The number of nitrogens with zero attached hydrogens (tertiary/aromatic N) is 1. The first kappa shape index (κ1) is 32.4. The van der Waals surface area contributed by atoms with Crippen LogP contribution in [0.1, 0.15) is 61.9 Å². The van der Waals surface area contributed by atoms with Gasteiger partial charge in [0.1, 0.15) is 22.8 Å². The highest BCUT2D eigenvalue weighted by Crippen LogP contribution is 2.53. The summed E-state index contributed by atoms with van der Waals surface area (Å²) in [6.45, 7) is 3.52. The van der Waals surface area contributed by atoms with Crippen molar-refractivity contribution < 1.29 is 32.2 Å². The topological polar surface area (TPSA) is 113 Å². The van der Waals surface area contributed by atoms with Crippen LogP contribution in [-0.4, -0.2) is 49.0 Å². The summed E-state index contributed by atoms with van der Waals surface area (Å²) in [4.78, 5) is 27.5. The highest BCUT2D eigenvalue weighted by molar-refractivity contribution is 7.90. The minimum absolute atomic E-state index is 0.109. The summed E-state index contributed by atoms with van der Waals surface area (Å²) in [5, 5.41) is 10.6. The summed E-state index contributed by atoms with van der Waals surface area (Å²) in [6, 6.07) is 18.1. The molecule has 12 heteroatoms. The zero-order valence-corrected chi connectivity index (χ0v) is 26.4. The van der Waals surface area contributed by atoms with E-state index in [9.17, 15) is 27.5 Å². The molecule has 4 atom stereocenters. The molecule has 44 heavy (non-hydrogen) atoms. The third kappa shape index (κ3) is 6.37. The molecule has 8 nitrogen and oxygen atoms in total. The van der Waals surface area contributed by atoms with Crippen molar-refractivity contribution in [2.75, 3.05) is 6.54 Å². The first-order chi connectivity index (χ1) is 20.8. The molecule has 5 rings (SSSR count). The van der Waals surface area contributed by atoms with Gasteiger partial charge in [-0.05, 0) is 60.2 Å². The smallest absolute Gasteiger partial charge is 0.306 e. The molecule has 2 aliphatic rings. The van der Waals surface area contributed by atoms with Crippen molar-refractivity contribution in [3.05, 3.63) is 105 Å². The van der Waals surface area contributed by atoms with Gasteiger partial charge in [-0.2, -0.15) is 0 Å². The van der Waals surface area contributed by atoms with Crippen molar-refractivity contribution in [2.24, 2.45) is 5.92 Å². The largest absolute Gasteiger partial charge is 0.481 e. The molecule has 3 aromatic carbocycles. The second kappa shape index (κ2) is 12.8. The lowest BCUT2D eigenvalue weighted by Crippen LogP contribution is -2.59. The van der Waals surface area contributed by atoms with Crippen molar-refractivity contribution in [1.29, 1.82) is 0 Å². The average Bonchev–Trinajstić information content (AvgIpc) is 3.78. The molecular weight excluding hydrogens is 630 g/mol. The molecule has 3 aromatic rings. The summed E-state index contributed by atoms with van der Waals surface area (Å²) in [5.74, 6) is -2.69. The Kier molecular flexibility index (Phi) is 9.39. The van der Waals surface area contributed by atoms with Gasteiger partial charge in [-0.15, -0.1) is 0 Å². The number of benzene rings is 3. The summed E-state index contributed by atoms with van der Waals surface area (Å²) < 4.78 is 49.8. The van der Waals surface area contributed by atoms with E-state index in [2.05, 4.69) is 4.72 Å². The fraction of sp³-hybridized carbons (Fsp3) is 0.375. The predicted octanol–water partition coefficient (Wildman–Crippen LogP) is 6.25. The normalized spacial score (nSPS) is 22.2. The number of rotatable bonds is 11. The molecule has 0 radical (unpaired) electrons. The average molecular weight is 664 g/mol. The summed E-state index contributed by atoms with van der Waals surface area (Å²) >= 11 is 12.5. The number of halogens is 3. The van der Waals surface area contributed by atoms with Crippen LogP contribution in [0.25, 0.3) is 0 Å². The van der Waals surface area contributed by atoms with Crippen LogP contribution < -0.4 is 4.72 Å². The Morgan fingerprint density at radius 1 is 1.05 bits per heavy atom. The Morgan fingerprint density at radius 2 is 1.73 bits per heavy atom. The van der Waals surface area contributed by atoms with Gasteiger partial charge in [-0.25, -0.2) is 17.5 Å². The number of ether oxygens (including phenoxy) is 1. The minimum Gasteiger partial charge on any atom is -0.481 e. The molecule has 1 heterocycles. The van der Waals surface area contributed by atoms with Gasteiger partial charge < -0.3 is 14.7 Å². The number of carbonyl (C=O) groups is 2. The molecule has 0 aromatic heterocycles. The van der Waals surface area contributed by atoms with E-state index >= 15 is 0 Å². The fourth-order valence-corrected chi connectivity index (χ4v) is 8.06. The first-order valence-electron chi connectivity index (χ1n) is 14.3. The fourth-order valence-electron chi connectivity index (χ4n) is 5.98. The number of morpholine rings is 1. The van der Waals surface area contributed by atoms with E-state index in [0.29, 0.717) is 21.2 Å². The number of hydrogen-bond acceptors (Lipinski definition) is 5. The standard InChI is InChI=1S/C32H33Cl2FN2O6S/c1-19(2)26(18-36-44(41,42)32(14-15-32)24-8-3-4-9-25(24)35)37-29(20-10-12-22(33)13-11-20)30(21-6-5-7-23(34)16-21)43-27(31(37)40)17-28(38)39/h3-13,16,19,26-27,29-30,36H,14-15,17-18H2,1-2H3,(H,38,39)/t26-,27-,29-,30-/m1/s1. The van der Waals surface area contributed by atoms with Gasteiger partial charge in [0.15, 0.2) is 0 Å². The number of amides is 1. The first-order valence-corrected chi connectivity index (χ1v) is 16.5. The zero-order valence-electron chi connectivity index (χ0n) is 24.1. The monoisotopic (exact) mass is 662 g/mol. The van der Waals surface area contributed by atoms with Gasteiger partial charge in [-0.3, -0.25) is 9.59 Å². The highest BCUT2D eigenvalue weighted by atomic mass is 35.5. The van der Waals surface area contributed by atoms with E-state index < -0.39 is 63.2 Å². The Labute approximate surface area is 266 Å². The van der Waals surface area contributed by atoms with Crippen LogP contribution in [0, 0.1) is 11.7 Å².